The Morgan fingerprint density at radius 1 is 1.05 bits per heavy atom. The van der Waals surface area contributed by atoms with Crippen LogP contribution in [-0.2, 0) is 0 Å². The fraction of sp³-hybridized carbons (Fsp3) is 0.684. The summed E-state index contributed by atoms with van der Waals surface area (Å²) in [7, 11) is 0. The van der Waals surface area contributed by atoms with Gasteiger partial charge in [-0.3, -0.25) is 0 Å². The second kappa shape index (κ2) is 7.28. The fourth-order valence-electron chi connectivity index (χ4n) is 4.13. The second-order valence-corrected chi connectivity index (χ2v) is 7.95. The lowest BCUT2D eigenvalue weighted by molar-refractivity contribution is 0.228. The van der Waals surface area contributed by atoms with Crippen molar-refractivity contribution < 1.29 is 0 Å². The zero-order chi connectivity index (χ0) is 14.7. The van der Waals surface area contributed by atoms with Crippen LogP contribution in [0.5, 0.6) is 0 Å². The molecule has 1 atom stereocenters. The third-order valence-electron chi connectivity index (χ3n) is 5.59. The van der Waals surface area contributed by atoms with E-state index in [2.05, 4.69) is 52.4 Å². The minimum atomic E-state index is 0.702. The lowest BCUT2D eigenvalue weighted by Crippen LogP contribution is -2.47. The van der Waals surface area contributed by atoms with E-state index in [1.165, 1.54) is 61.4 Å². The van der Waals surface area contributed by atoms with Gasteiger partial charge in [-0.1, -0.05) is 59.8 Å². The van der Waals surface area contributed by atoms with Crippen LogP contribution in [0.15, 0.2) is 28.7 Å². The Kier molecular flexibility index (Phi) is 5.39. The van der Waals surface area contributed by atoms with Crippen molar-refractivity contribution in [2.24, 2.45) is 5.92 Å². The van der Waals surface area contributed by atoms with Crippen LogP contribution in [0.25, 0.3) is 0 Å². The van der Waals surface area contributed by atoms with Gasteiger partial charge < -0.3 is 5.32 Å². The van der Waals surface area contributed by atoms with Gasteiger partial charge in [0.25, 0.3) is 0 Å². The molecule has 2 fully saturated rings. The minimum absolute atomic E-state index is 0.702. The molecule has 0 saturated heterocycles. The van der Waals surface area contributed by atoms with Crippen molar-refractivity contribution in [3.8, 4) is 0 Å². The highest BCUT2D eigenvalue weighted by atomic mass is 79.9. The van der Waals surface area contributed by atoms with Gasteiger partial charge in [-0.2, -0.15) is 0 Å². The topological polar surface area (TPSA) is 12.0 Å². The Hall–Kier alpha value is -0.340. The summed E-state index contributed by atoms with van der Waals surface area (Å²) < 4.78 is 1.28. The monoisotopic (exact) mass is 349 g/mol. The first-order valence-electron chi connectivity index (χ1n) is 8.74. The SMILES string of the molecule is C[C@H](NC1CC(c2ccccc2Br)C1)C1CCCCCC1. The third-order valence-corrected chi connectivity index (χ3v) is 6.31. The number of benzene rings is 1. The molecular formula is C19H28BrN. The maximum Gasteiger partial charge on any atom is 0.0210 e. The molecule has 116 valence electrons. The van der Waals surface area contributed by atoms with E-state index < -0.39 is 0 Å². The second-order valence-electron chi connectivity index (χ2n) is 7.09. The molecule has 1 aromatic carbocycles. The molecule has 2 aliphatic rings. The molecule has 0 aliphatic heterocycles. The van der Waals surface area contributed by atoms with Crippen molar-refractivity contribution in [3.63, 3.8) is 0 Å². The van der Waals surface area contributed by atoms with Gasteiger partial charge in [-0.15, -0.1) is 0 Å². The molecule has 0 unspecified atom stereocenters. The minimum Gasteiger partial charge on any atom is -0.311 e. The van der Waals surface area contributed by atoms with E-state index in [0.717, 1.165) is 17.9 Å². The molecule has 0 radical (unpaired) electrons. The largest absolute Gasteiger partial charge is 0.311 e. The van der Waals surface area contributed by atoms with Crippen LogP contribution < -0.4 is 5.32 Å². The van der Waals surface area contributed by atoms with Gasteiger partial charge >= 0.3 is 0 Å². The van der Waals surface area contributed by atoms with E-state index in [4.69, 9.17) is 0 Å². The normalized spacial score (nSPS) is 28.7. The van der Waals surface area contributed by atoms with Crippen LogP contribution in [0.2, 0.25) is 0 Å². The van der Waals surface area contributed by atoms with E-state index >= 15 is 0 Å². The van der Waals surface area contributed by atoms with E-state index in [0.29, 0.717) is 6.04 Å². The van der Waals surface area contributed by atoms with E-state index in [1.807, 2.05) is 0 Å². The predicted octanol–water partition coefficient (Wildman–Crippen LogP) is 5.64. The first kappa shape index (κ1) is 15.6. The van der Waals surface area contributed by atoms with E-state index in [1.54, 1.807) is 0 Å². The maximum atomic E-state index is 3.92. The lowest BCUT2D eigenvalue weighted by atomic mass is 9.75. The summed E-state index contributed by atoms with van der Waals surface area (Å²) in [5.74, 6) is 1.66. The molecule has 1 aromatic rings. The van der Waals surface area contributed by atoms with Gasteiger partial charge in [0.15, 0.2) is 0 Å². The quantitative estimate of drug-likeness (QED) is 0.693. The Bertz CT molecular complexity index is 445. The first-order valence-corrected chi connectivity index (χ1v) is 9.54. The predicted molar refractivity (Wildman–Crippen MR) is 93.7 cm³/mol. The highest BCUT2D eigenvalue weighted by molar-refractivity contribution is 9.10. The lowest BCUT2D eigenvalue weighted by Gasteiger charge is -2.40. The summed E-state index contributed by atoms with van der Waals surface area (Å²) in [4.78, 5) is 0. The van der Waals surface area contributed by atoms with E-state index in [-0.39, 0.29) is 0 Å². The molecule has 1 N–H and O–H groups in total. The summed E-state index contributed by atoms with van der Waals surface area (Å²) >= 11 is 3.69. The first-order chi connectivity index (χ1) is 10.2. The van der Waals surface area contributed by atoms with Crippen molar-refractivity contribution in [1.82, 2.24) is 5.32 Å². The number of rotatable bonds is 4. The zero-order valence-corrected chi connectivity index (χ0v) is 14.7. The average molecular weight is 350 g/mol. The van der Waals surface area contributed by atoms with Crippen LogP contribution in [0.4, 0.5) is 0 Å². The highest BCUT2D eigenvalue weighted by Gasteiger charge is 2.33. The van der Waals surface area contributed by atoms with Gasteiger partial charge in [0, 0.05) is 16.6 Å². The number of nitrogens with one attached hydrogen (secondary N) is 1. The molecule has 2 heteroatoms. The van der Waals surface area contributed by atoms with Gasteiger partial charge in [0.2, 0.25) is 0 Å². The number of hydrogen-bond acceptors (Lipinski definition) is 1. The zero-order valence-electron chi connectivity index (χ0n) is 13.2. The molecule has 21 heavy (non-hydrogen) atoms. The van der Waals surface area contributed by atoms with Gasteiger partial charge in [-0.25, -0.2) is 0 Å². The van der Waals surface area contributed by atoms with Crippen LogP contribution in [0, 0.1) is 5.92 Å². The van der Waals surface area contributed by atoms with Gasteiger partial charge in [-0.05, 0) is 56.1 Å². The third kappa shape index (κ3) is 3.90. The van der Waals surface area contributed by atoms with Crippen molar-refractivity contribution in [1.29, 1.82) is 0 Å². The summed E-state index contributed by atoms with van der Waals surface area (Å²) in [5, 5.41) is 3.92. The van der Waals surface area contributed by atoms with Crippen LogP contribution >= 0.6 is 15.9 Å². The summed E-state index contributed by atoms with van der Waals surface area (Å²) in [6.07, 6.45) is 11.3. The maximum absolute atomic E-state index is 3.92. The molecular weight excluding hydrogens is 322 g/mol. The standard InChI is InChI=1S/C19H28BrN/c1-14(15-8-4-2-3-5-9-15)21-17-12-16(13-17)18-10-6-7-11-19(18)20/h6-7,10-11,14-17,21H,2-5,8-9,12-13H2,1H3/t14-,16?,17?/m0/s1. The van der Waals surface area contributed by atoms with Crippen LogP contribution in [-0.4, -0.2) is 12.1 Å². The molecule has 1 nitrogen and oxygen atoms in total. The Morgan fingerprint density at radius 3 is 2.38 bits per heavy atom. The average Bonchev–Trinajstić information content (AvgIpc) is 2.72. The molecule has 3 rings (SSSR count). The molecule has 2 aliphatic carbocycles. The highest BCUT2D eigenvalue weighted by Crippen LogP contribution is 2.40. The molecule has 0 spiro atoms. The number of hydrogen-bond donors (Lipinski definition) is 1. The fourth-order valence-corrected chi connectivity index (χ4v) is 4.74. The Balaban J connectivity index is 1.47. The molecule has 0 amide bonds. The van der Waals surface area contributed by atoms with Crippen LogP contribution in [0.1, 0.15) is 69.8 Å². The summed E-state index contributed by atoms with van der Waals surface area (Å²) in [6.45, 7) is 2.42. The van der Waals surface area contributed by atoms with Crippen molar-refractivity contribution >= 4 is 15.9 Å². The van der Waals surface area contributed by atoms with Gasteiger partial charge in [0.1, 0.15) is 0 Å². The molecule has 0 bridgehead atoms. The molecule has 2 saturated carbocycles. The Labute approximate surface area is 138 Å². The van der Waals surface area contributed by atoms with E-state index in [9.17, 15) is 0 Å². The van der Waals surface area contributed by atoms with Gasteiger partial charge in [0.05, 0.1) is 0 Å². The molecule has 0 aromatic heterocycles. The number of halogens is 1. The van der Waals surface area contributed by atoms with Crippen LogP contribution in [0.3, 0.4) is 0 Å². The van der Waals surface area contributed by atoms with Crippen molar-refractivity contribution in [2.45, 2.75) is 76.3 Å². The van der Waals surface area contributed by atoms with Crippen molar-refractivity contribution in [3.05, 3.63) is 34.3 Å². The van der Waals surface area contributed by atoms with Crippen molar-refractivity contribution in [2.75, 3.05) is 0 Å². The molecule has 0 heterocycles. The smallest absolute Gasteiger partial charge is 0.0210 e. The summed E-state index contributed by atoms with van der Waals surface area (Å²) in [6, 6.07) is 10.2. The summed E-state index contributed by atoms with van der Waals surface area (Å²) in [5.41, 5.74) is 1.50. The Morgan fingerprint density at radius 2 is 1.71 bits per heavy atom.